The highest BCUT2D eigenvalue weighted by Gasteiger charge is 2.15. The number of benzene rings is 1. The highest BCUT2D eigenvalue weighted by Crippen LogP contribution is 2.23. The van der Waals surface area contributed by atoms with E-state index in [2.05, 4.69) is 26.6 Å². The van der Waals surface area contributed by atoms with E-state index in [0.29, 0.717) is 16.3 Å². The summed E-state index contributed by atoms with van der Waals surface area (Å²) in [6, 6.07) is 7.68. The molecular formula is C17H15BrN2O5S. The molecule has 136 valence electrons. The maximum Gasteiger partial charge on any atom is 0.338 e. The molecule has 0 saturated carbocycles. The molecule has 0 saturated heterocycles. The summed E-state index contributed by atoms with van der Waals surface area (Å²) in [7, 11) is 0. The van der Waals surface area contributed by atoms with Gasteiger partial charge in [0.1, 0.15) is 0 Å². The van der Waals surface area contributed by atoms with Crippen molar-refractivity contribution in [2.45, 2.75) is 13.8 Å². The minimum atomic E-state index is -0.743. The van der Waals surface area contributed by atoms with Gasteiger partial charge in [0.15, 0.2) is 6.61 Å². The molecule has 0 radical (unpaired) electrons. The Morgan fingerprint density at radius 2 is 1.58 bits per heavy atom. The summed E-state index contributed by atoms with van der Waals surface area (Å²) in [6.07, 6.45) is 0. The van der Waals surface area contributed by atoms with Gasteiger partial charge in [-0.1, -0.05) is 0 Å². The van der Waals surface area contributed by atoms with Gasteiger partial charge < -0.3 is 15.4 Å². The number of esters is 1. The Labute approximate surface area is 161 Å². The number of halogens is 1. The van der Waals surface area contributed by atoms with Crippen molar-refractivity contribution in [3.05, 3.63) is 44.6 Å². The van der Waals surface area contributed by atoms with E-state index in [1.165, 1.54) is 43.4 Å². The van der Waals surface area contributed by atoms with Gasteiger partial charge in [-0.15, -0.1) is 11.3 Å². The number of ether oxygens (including phenoxy) is 1. The summed E-state index contributed by atoms with van der Waals surface area (Å²) < 4.78 is 5.85. The Morgan fingerprint density at radius 1 is 1.00 bits per heavy atom. The van der Waals surface area contributed by atoms with E-state index >= 15 is 0 Å². The zero-order valence-corrected chi connectivity index (χ0v) is 16.3. The monoisotopic (exact) mass is 438 g/mol. The maximum absolute atomic E-state index is 12.3. The Hall–Kier alpha value is -2.52. The van der Waals surface area contributed by atoms with E-state index in [0.717, 1.165) is 3.79 Å². The molecule has 0 aliphatic carbocycles. The molecule has 2 rings (SSSR count). The fourth-order valence-electron chi connectivity index (χ4n) is 2.05. The van der Waals surface area contributed by atoms with E-state index in [9.17, 15) is 19.2 Å². The van der Waals surface area contributed by atoms with Crippen LogP contribution in [0.5, 0.6) is 0 Å². The van der Waals surface area contributed by atoms with Crippen LogP contribution in [0.25, 0.3) is 0 Å². The second-order valence-electron chi connectivity index (χ2n) is 5.26. The molecule has 2 N–H and O–H groups in total. The molecule has 0 bridgehead atoms. The molecular weight excluding hydrogens is 424 g/mol. The molecule has 7 nitrogen and oxygen atoms in total. The fraction of sp³-hybridized carbons (Fsp3) is 0.176. The predicted molar refractivity (Wildman–Crippen MR) is 102 cm³/mol. The summed E-state index contributed by atoms with van der Waals surface area (Å²) in [5.74, 6) is -1.73. The zero-order chi connectivity index (χ0) is 19.3. The molecule has 0 spiro atoms. The predicted octanol–water partition coefficient (Wildman–Crippen LogP) is 3.47. The van der Waals surface area contributed by atoms with E-state index in [-0.39, 0.29) is 23.2 Å². The number of rotatable bonds is 6. The van der Waals surface area contributed by atoms with Crippen LogP contribution in [0.1, 0.15) is 33.9 Å². The zero-order valence-electron chi connectivity index (χ0n) is 13.9. The SMILES string of the molecule is CC(=O)Nc1cc(NC(C)=O)cc(C(=O)OCC(=O)c2ccc(Br)s2)c1. The fourth-order valence-corrected chi connectivity index (χ4v) is 3.36. The minimum absolute atomic E-state index is 0.0974. The van der Waals surface area contributed by atoms with Crippen molar-refractivity contribution in [3.8, 4) is 0 Å². The molecule has 26 heavy (non-hydrogen) atoms. The van der Waals surface area contributed by atoms with Crippen LogP contribution in [0, 0.1) is 0 Å². The summed E-state index contributed by atoms with van der Waals surface area (Å²) in [5.41, 5.74) is 0.744. The largest absolute Gasteiger partial charge is 0.454 e. The van der Waals surface area contributed by atoms with Crippen molar-refractivity contribution in [1.82, 2.24) is 0 Å². The van der Waals surface area contributed by atoms with Crippen molar-refractivity contribution < 1.29 is 23.9 Å². The molecule has 1 heterocycles. The van der Waals surface area contributed by atoms with Gasteiger partial charge in [0.05, 0.1) is 14.2 Å². The van der Waals surface area contributed by atoms with Gasteiger partial charge in [-0.3, -0.25) is 14.4 Å². The molecule has 2 aromatic rings. The quantitative estimate of drug-likeness (QED) is 0.530. The molecule has 0 unspecified atom stereocenters. The van der Waals surface area contributed by atoms with E-state index in [1.54, 1.807) is 12.1 Å². The Kier molecular flexibility index (Phi) is 6.64. The molecule has 0 aliphatic rings. The lowest BCUT2D eigenvalue weighted by Crippen LogP contribution is -2.15. The molecule has 1 aromatic heterocycles. The second-order valence-corrected chi connectivity index (χ2v) is 7.73. The first kappa shape index (κ1) is 19.8. The van der Waals surface area contributed by atoms with E-state index < -0.39 is 12.6 Å². The van der Waals surface area contributed by atoms with Gasteiger partial charge in [-0.25, -0.2) is 4.79 Å². The molecule has 9 heteroatoms. The van der Waals surface area contributed by atoms with Gasteiger partial charge in [0.2, 0.25) is 17.6 Å². The van der Waals surface area contributed by atoms with Crippen molar-refractivity contribution in [3.63, 3.8) is 0 Å². The molecule has 0 aliphatic heterocycles. The number of ketones is 1. The number of hydrogen-bond donors (Lipinski definition) is 2. The summed E-state index contributed by atoms with van der Waals surface area (Å²) in [4.78, 5) is 47.2. The Balaban J connectivity index is 2.14. The minimum Gasteiger partial charge on any atom is -0.454 e. The first-order chi connectivity index (χ1) is 12.2. The third-order valence-corrected chi connectivity index (χ3v) is 4.66. The highest BCUT2D eigenvalue weighted by molar-refractivity contribution is 9.11. The molecule has 0 atom stereocenters. The summed E-state index contributed by atoms with van der Waals surface area (Å²) >= 11 is 4.50. The second kappa shape index (κ2) is 8.72. The highest BCUT2D eigenvalue weighted by atomic mass is 79.9. The number of Topliss-reactive ketones (excluding diaryl/α,β-unsaturated/α-hetero) is 1. The third kappa shape index (κ3) is 5.78. The van der Waals surface area contributed by atoms with Crippen LogP contribution in [-0.2, 0) is 14.3 Å². The van der Waals surface area contributed by atoms with Crippen molar-refractivity contribution >= 4 is 62.2 Å². The average Bonchev–Trinajstić information content (AvgIpc) is 2.97. The number of anilines is 2. The normalized spacial score (nSPS) is 10.1. The number of amides is 2. The first-order valence-electron chi connectivity index (χ1n) is 7.40. The van der Waals surface area contributed by atoms with Gasteiger partial charge in [0, 0.05) is 25.2 Å². The van der Waals surface area contributed by atoms with Crippen LogP contribution < -0.4 is 10.6 Å². The van der Waals surface area contributed by atoms with Gasteiger partial charge >= 0.3 is 5.97 Å². The first-order valence-corrected chi connectivity index (χ1v) is 9.01. The lowest BCUT2D eigenvalue weighted by molar-refractivity contribution is -0.115. The Bertz CT molecular complexity index is 844. The molecule has 0 fully saturated rings. The van der Waals surface area contributed by atoms with Crippen molar-refractivity contribution in [1.29, 1.82) is 0 Å². The van der Waals surface area contributed by atoms with Crippen molar-refractivity contribution in [2.24, 2.45) is 0 Å². The van der Waals surface area contributed by atoms with Gasteiger partial charge in [-0.05, 0) is 46.3 Å². The van der Waals surface area contributed by atoms with E-state index in [4.69, 9.17) is 4.74 Å². The summed E-state index contributed by atoms with van der Waals surface area (Å²) in [6.45, 7) is 2.23. The Morgan fingerprint density at radius 3 is 2.04 bits per heavy atom. The lowest BCUT2D eigenvalue weighted by atomic mass is 10.1. The lowest BCUT2D eigenvalue weighted by Gasteiger charge is -2.10. The van der Waals surface area contributed by atoms with Crippen LogP contribution in [0.3, 0.4) is 0 Å². The number of nitrogens with one attached hydrogen (secondary N) is 2. The standard InChI is InChI=1S/C17H15BrN2O5S/c1-9(21)19-12-5-11(6-13(7-12)20-10(2)22)17(24)25-8-14(23)15-3-4-16(18)26-15/h3-7H,8H2,1-2H3,(H,19,21)(H,20,22). The van der Waals surface area contributed by atoms with Crippen LogP contribution >= 0.6 is 27.3 Å². The number of thiophene rings is 1. The summed E-state index contributed by atoms with van der Waals surface area (Å²) in [5, 5.41) is 5.08. The smallest absolute Gasteiger partial charge is 0.338 e. The van der Waals surface area contributed by atoms with Crippen LogP contribution in [0.4, 0.5) is 11.4 Å². The maximum atomic E-state index is 12.3. The number of hydrogen-bond acceptors (Lipinski definition) is 6. The van der Waals surface area contributed by atoms with Crippen molar-refractivity contribution in [2.75, 3.05) is 17.2 Å². The van der Waals surface area contributed by atoms with Gasteiger partial charge in [0.25, 0.3) is 0 Å². The van der Waals surface area contributed by atoms with Crippen LogP contribution in [0.2, 0.25) is 0 Å². The van der Waals surface area contributed by atoms with Crippen LogP contribution in [0.15, 0.2) is 34.1 Å². The molecule has 2 amide bonds. The van der Waals surface area contributed by atoms with Crippen LogP contribution in [-0.4, -0.2) is 30.2 Å². The number of carbonyl (C=O) groups excluding carboxylic acids is 4. The number of carbonyl (C=O) groups is 4. The molecule has 1 aromatic carbocycles. The average molecular weight is 439 g/mol. The van der Waals surface area contributed by atoms with Gasteiger partial charge in [-0.2, -0.15) is 0 Å². The third-order valence-electron chi connectivity index (χ3n) is 2.99. The van der Waals surface area contributed by atoms with E-state index in [1.807, 2.05) is 0 Å². The topological polar surface area (TPSA) is 102 Å².